The molecular weight excluding hydrogens is 312 g/mol. The summed E-state index contributed by atoms with van der Waals surface area (Å²) in [6.07, 6.45) is 3.64. The summed E-state index contributed by atoms with van der Waals surface area (Å²) in [5, 5.41) is 2.85. The number of amides is 1. The molecule has 1 saturated heterocycles. The van der Waals surface area contributed by atoms with Crippen molar-refractivity contribution in [3.8, 4) is 0 Å². The quantitative estimate of drug-likeness (QED) is 0.897. The van der Waals surface area contributed by atoms with E-state index in [9.17, 15) is 13.2 Å². The van der Waals surface area contributed by atoms with Crippen LogP contribution in [0.1, 0.15) is 45.1 Å². The average Bonchev–Trinajstić information content (AvgIpc) is 2.56. The largest absolute Gasteiger partial charge is 0.326 e. The van der Waals surface area contributed by atoms with Crippen LogP contribution in [0.25, 0.3) is 0 Å². The molecule has 1 aromatic rings. The fourth-order valence-corrected chi connectivity index (χ4v) is 4.14. The molecule has 0 radical (unpaired) electrons. The number of rotatable bonds is 5. The van der Waals surface area contributed by atoms with Gasteiger partial charge in [-0.25, -0.2) is 8.42 Å². The Morgan fingerprint density at radius 3 is 2.52 bits per heavy atom. The summed E-state index contributed by atoms with van der Waals surface area (Å²) >= 11 is 0. The van der Waals surface area contributed by atoms with Gasteiger partial charge in [-0.05, 0) is 43.9 Å². The highest BCUT2D eigenvalue weighted by Gasteiger charge is 2.26. The molecule has 128 valence electrons. The first-order valence-electron chi connectivity index (χ1n) is 8.28. The molecule has 0 bridgehead atoms. The molecule has 1 heterocycles. The van der Waals surface area contributed by atoms with Crippen molar-refractivity contribution < 1.29 is 13.2 Å². The highest BCUT2D eigenvalue weighted by molar-refractivity contribution is 7.89. The van der Waals surface area contributed by atoms with E-state index in [0.29, 0.717) is 18.8 Å². The first-order valence-corrected chi connectivity index (χ1v) is 9.72. The summed E-state index contributed by atoms with van der Waals surface area (Å²) in [6, 6.07) is 4.96. The Hall–Kier alpha value is -1.40. The predicted octanol–water partition coefficient (Wildman–Crippen LogP) is 3.15. The van der Waals surface area contributed by atoms with E-state index in [1.165, 1.54) is 0 Å². The monoisotopic (exact) mass is 338 g/mol. The van der Waals surface area contributed by atoms with Gasteiger partial charge in [0, 0.05) is 24.7 Å². The number of piperidine rings is 1. The van der Waals surface area contributed by atoms with Crippen molar-refractivity contribution in [1.82, 2.24) is 4.31 Å². The molecule has 0 aliphatic carbocycles. The maximum Gasteiger partial charge on any atom is 0.243 e. The molecule has 23 heavy (non-hydrogen) atoms. The third-order valence-electron chi connectivity index (χ3n) is 4.48. The number of carbonyl (C=O) groups is 1. The SMILES string of the molecule is CCC(C)C(=O)Nc1cc(S(=O)(=O)N2CCCCC2)ccc1C. The van der Waals surface area contributed by atoms with Crippen LogP contribution in [-0.4, -0.2) is 31.7 Å². The van der Waals surface area contributed by atoms with Crippen LogP contribution in [0.15, 0.2) is 23.1 Å². The lowest BCUT2D eigenvalue weighted by Gasteiger charge is -2.26. The Bertz CT molecular complexity index is 664. The third kappa shape index (κ3) is 4.12. The number of benzene rings is 1. The molecule has 1 unspecified atom stereocenters. The van der Waals surface area contributed by atoms with Gasteiger partial charge in [-0.15, -0.1) is 0 Å². The molecule has 1 fully saturated rings. The van der Waals surface area contributed by atoms with Gasteiger partial charge in [-0.2, -0.15) is 4.31 Å². The molecule has 0 aromatic heterocycles. The summed E-state index contributed by atoms with van der Waals surface area (Å²) in [5.74, 6) is -0.181. The van der Waals surface area contributed by atoms with Gasteiger partial charge in [0.1, 0.15) is 0 Å². The smallest absolute Gasteiger partial charge is 0.243 e. The first kappa shape index (κ1) is 17.9. The number of anilines is 1. The Morgan fingerprint density at radius 1 is 1.26 bits per heavy atom. The topological polar surface area (TPSA) is 66.5 Å². The molecule has 1 atom stereocenters. The number of aryl methyl sites for hydroxylation is 1. The normalized spacial score (nSPS) is 17.7. The lowest BCUT2D eigenvalue weighted by molar-refractivity contribution is -0.119. The second-order valence-electron chi connectivity index (χ2n) is 6.24. The van der Waals surface area contributed by atoms with Crippen molar-refractivity contribution >= 4 is 21.6 Å². The zero-order valence-corrected chi connectivity index (χ0v) is 14.9. The third-order valence-corrected chi connectivity index (χ3v) is 6.37. The Balaban J connectivity index is 2.27. The van der Waals surface area contributed by atoms with E-state index in [-0.39, 0.29) is 16.7 Å². The van der Waals surface area contributed by atoms with Crippen molar-refractivity contribution in [2.45, 2.75) is 51.3 Å². The van der Waals surface area contributed by atoms with Crippen LogP contribution >= 0.6 is 0 Å². The summed E-state index contributed by atoms with van der Waals surface area (Å²) in [4.78, 5) is 12.3. The lowest BCUT2D eigenvalue weighted by atomic mass is 10.1. The van der Waals surface area contributed by atoms with E-state index in [0.717, 1.165) is 31.2 Å². The average molecular weight is 338 g/mol. The first-order chi connectivity index (χ1) is 10.9. The Morgan fingerprint density at radius 2 is 1.91 bits per heavy atom. The molecule has 6 heteroatoms. The molecule has 1 N–H and O–H groups in total. The minimum atomic E-state index is -3.48. The second-order valence-corrected chi connectivity index (χ2v) is 8.18. The van der Waals surface area contributed by atoms with Gasteiger partial charge < -0.3 is 5.32 Å². The fraction of sp³-hybridized carbons (Fsp3) is 0.588. The van der Waals surface area contributed by atoms with Crippen molar-refractivity contribution in [2.24, 2.45) is 5.92 Å². The predicted molar refractivity (Wildman–Crippen MR) is 91.9 cm³/mol. The molecule has 1 amide bonds. The molecule has 0 spiro atoms. The van der Waals surface area contributed by atoms with Crippen molar-refractivity contribution in [3.63, 3.8) is 0 Å². The highest BCUT2D eigenvalue weighted by Crippen LogP contribution is 2.25. The van der Waals surface area contributed by atoms with E-state index in [4.69, 9.17) is 0 Å². The zero-order chi connectivity index (χ0) is 17.0. The number of carbonyl (C=O) groups excluding carboxylic acids is 1. The number of hydrogen-bond acceptors (Lipinski definition) is 3. The van der Waals surface area contributed by atoms with Crippen LogP contribution in [0.5, 0.6) is 0 Å². The van der Waals surface area contributed by atoms with Gasteiger partial charge in [-0.1, -0.05) is 26.3 Å². The van der Waals surface area contributed by atoms with Crippen molar-refractivity contribution in [2.75, 3.05) is 18.4 Å². The zero-order valence-electron chi connectivity index (χ0n) is 14.1. The standard InChI is InChI=1S/C17H26N2O3S/c1-4-13(2)17(20)18-16-12-15(9-8-14(16)3)23(21,22)19-10-6-5-7-11-19/h8-9,12-13H,4-7,10-11H2,1-3H3,(H,18,20). The number of nitrogens with zero attached hydrogens (tertiary/aromatic N) is 1. The molecular formula is C17H26N2O3S. The molecule has 1 aromatic carbocycles. The van der Waals surface area contributed by atoms with Gasteiger partial charge in [0.15, 0.2) is 0 Å². The van der Waals surface area contributed by atoms with E-state index >= 15 is 0 Å². The van der Waals surface area contributed by atoms with Crippen LogP contribution in [-0.2, 0) is 14.8 Å². The second kappa shape index (κ2) is 7.45. The van der Waals surface area contributed by atoms with E-state index in [1.807, 2.05) is 20.8 Å². The lowest BCUT2D eigenvalue weighted by Crippen LogP contribution is -2.35. The van der Waals surface area contributed by atoms with E-state index < -0.39 is 10.0 Å². The molecule has 1 aliphatic rings. The minimum Gasteiger partial charge on any atom is -0.326 e. The Kier molecular flexibility index (Phi) is 5.81. The summed E-state index contributed by atoms with van der Waals surface area (Å²) < 4.78 is 27.0. The summed E-state index contributed by atoms with van der Waals surface area (Å²) in [5.41, 5.74) is 1.44. The van der Waals surface area contributed by atoms with Crippen molar-refractivity contribution in [3.05, 3.63) is 23.8 Å². The van der Waals surface area contributed by atoms with E-state index in [1.54, 1.807) is 22.5 Å². The fourth-order valence-electron chi connectivity index (χ4n) is 2.59. The van der Waals surface area contributed by atoms with Crippen LogP contribution < -0.4 is 5.32 Å². The molecule has 5 nitrogen and oxygen atoms in total. The summed E-state index contributed by atoms with van der Waals surface area (Å²) in [6.45, 7) is 6.83. The van der Waals surface area contributed by atoms with Gasteiger partial charge in [0.2, 0.25) is 15.9 Å². The van der Waals surface area contributed by atoms with Crippen LogP contribution in [0, 0.1) is 12.8 Å². The van der Waals surface area contributed by atoms with Gasteiger partial charge in [-0.3, -0.25) is 4.79 Å². The molecule has 2 rings (SSSR count). The number of hydrogen-bond donors (Lipinski definition) is 1. The van der Waals surface area contributed by atoms with Gasteiger partial charge in [0.05, 0.1) is 4.90 Å². The Labute approximate surface area is 139 Å². The maximum absolute atomic E-state index is 12.7. The summed E-state index contributed by atoms with van der Waals surface area (Å²) in [7, 11) is -3.48. The van der Waals surface area contributed by atoms with Crippen LogP contribution in [0.2, 0.25) is 0 Å². The van der Waals surface area contributed by atoms with Crippen LogP contribution in [0.4, 0.5) is 5.69 Å². The van der Waals surface area contributed by atoms with Gasteiger partial charge in [0.25, 0.3) is 0 Å². The number of nitrogens with one attached hydrogen (secondary N) is 1. The number of sulfonamides is 1. The maximum atomic E-state index is 12.7. The van der Waals surface area contributed by atoms with Crippen molar-refractivity contribution in [1.29, 1.82) is 0 Å². The van der Waals surface area contributed by atoms with Gasteiger partial charge >= 0.3 is 0 Å². The molecule has 1 aliphatic heterocycles. The minimum absolute atomic E-state index is 0.0804. The molecule has 0 saturated carbocycles. The highest BCUT2D eigenvalue weighted by atomic mass is 32.2. The van der Waals surface area contributed by atoms with Crippen LogP contribution in [0.3, 0.4) is 0 Å². The van der Waals surface area contributed by atoms with E-state index in [2.05, 4.69) is 5.32 Å².